The molecule has 1 aliphatic rings. The van der Waals surface area contributed by atoms with Crippen molar-refractivity contribution in [2.24, 2.45) is 17.1 Å². The van der Waals surface area contributed by atoms with Gasteiger partial charge in [0.25, 0.3) is 0 Å². The zero-order valence-electron chi connectivity index (χ0n) is 11.8. The maximum atomic E-state index is 6.15. The molecule has 0 spiro atoms. The Hall–Kier alpha value is -0.120. The summed E-state index contributed by atoms with van der Waals surface area (Å²) in [6.45, 7) is 7.56. The molecule has 0 heterocycles. The van der Waals surface area contributed by atoms with Crippen LogP contribution in [0.5, 0.6) is 0 Å². The third-order valence-corrected chi connectivity index (χ3v) is 3.96. The predicted octanol–water partition coefficient (Wildman–Crippen LogP) is 2.16. The second-order valence-electron chi connectivity index (χ2n) is 6.25. The largest absolute Gasteiger partial charge is 0.385 e. The van der Waals surface area contributed by atoms with Crippen LogP contribution < -0.4 is 11.1 Å². The summed E-state index contributed by atoms with van der Waals surface area (Å²) in [4.78, 5) is 0. The van der Waals surface area contributed by atoms with Crippen molar-refractivity contribution < 1.29 is 4.74 Å². The number of hydrogen-bond donors (Lipinski definition) is 2. The Labute approximate surface area is 106 Å². The van der Waals surface area contributed by atoms with Crippen LogP contribution in [-0.4, -0.2) is 32.8 Å². The van der Waals surface area contributed by atoms with E-state index >= 15 is 0 Å². The molecule has 0 bridgehead atoms. The van der Waals surface area contributed by atoms with E-state index in [-0.39, 0.29) is 0 Å². The van der Waals surface area contributed by atoms with Crippen LogP contribution in [0, 0.1) is 11.3 Å². The van der Waals surface area contributed by atoms with Gasteiger partial charge >= 0.3 is 0 Å². The van der Waals surface area contributed by atoms with E-state index in [4.69, 9.17) is 10.5 Å². The van der Waals surface area contributed by atoms with Gasteiger partial charge in [0.05, 0.1) is 0 Å². The van der Waals surface area contributed by atoms with Crippen LogP contribution >= 0.6 is 0 Å². The maximum Gasteiger partial charge on any atom is 0.0467 e. The summed E-state index contributed by atoms with van der Waals surface area (Å²) in [5, 5.41) is 3.60. The van der Waals surface area contributed by atoms with Crippen LogP contribution in [0.2, 0.25) is 0 Å². The highest BCUT2D eigenvalue weighted by atomic mass is 16.5. The lowest BCUT2D eigenvalue weighted by molar-refractivity contribution is 0.149. The first-order valence-electron chi connectivity index (χ1n) is 7.00. The van der Waals surface area contributed by atoms with Crippen molar-refractivity contribution in [3.8, 4) is 0 Å². The van der Waals surface area contributed by atoms with Gasteiger partial charge in [-0.05, 0) is 37.1 Å². The second-order valence-corrected chi connectivity index (χ2v) is 6.25. The zero-order valence-corrected chi connectivity index (χ0v) is 11.8. The van der Waals surface area contributed by atoms with E-state index in [1.165, 1.54) is 25.7 Å². The Balaban J connectivity index is 2.17. The molecule has 0 radical (unpaired) electrons. The first-order chi connectivity index (χ1) is 8.05. The smallest absolute Gasteiger partial charge is 0.0467 e. The quantitative estimate of drug-likeness (QED) is 0.719. The van der Waals surface area contributed by atoms with Gasteiger partial charge < -0.3 is 15.8 Å². The molecule has 0 aromatic heterocycles. The Morgan fingerprint density at radius 2 is 2.00 bits per heavy atom. The molecule has 0 amide bonds. The molecule has 17 heavy (non-hydrogen) atoms. The van der Waals surface area contributed by atoms with Gasteiger partial charge in [0.2, 0.25) is 0 Å². The number of hydrogen-bond acceptors (Lipinski definition) is 3. The van der Waals surface area contributed by atoms with E-state index in [2.05, 4.69) is 19.2 Å². The summed E-state index contributed by atoms with van der Waals surface area (Å²) in [7, 11) is 1.77. The Morgan fingerprint density at radius 1 is 1.29 bits per heavy atom. The highest BCUT2D eigenvalue weighted by Gasteiger charge is 2.23. The monoisotopic (exact) mass is 242 g/mol. The molecule has 2 atom stereocenters. The van der Waals surface area contributed by atoms with Crippen LogP contribution in [0.3, 0.4) is 0 Å². The number of rotatable bonds is 7. The third-order valence-electron chi connectivity index (χ3n) is 3.96. The standard InChI is InChI=1S/C14H30N2O/c1-14(2,8-9-17-3)11-16-10-12-6-4-5-7-13(12)15/h12-13,16H,4-11,15H2,1-3H3. The van der Waals surface area contributed by atoms with Crippen molar-refractivity contribution >= 4 is 0 Å². The van der Waals surface area contributed by atoms with Gasteiger partial charge in [-0.2, -0.15) is 0 Å². The molecule has 1 rings (SSSR count). The number of nitrogens with two attached hydrogens (primary N) is 1. The minimum atomic E-state index is 0.314. The van der Waals surface area contributed by atoms with Crippen molar-refractivity contribution in [2.75, 3.05) is 26.8 Å². The fraction of sp³-hybridized carbons (Fsp3) is 1.00. The molecule has 3 nitrogen and oxygen atoms in total. The van der Waals surface area contributed by atoms with E-state index in [1.54, 1.807) is 7.11 Å². The number of methoxy groups -OCH3 is 1. The summed E-state index contributed by atoms with van der Waals surface area (Å²) in [5.74, 6) is 0.682. The fourth-order valence-electron chi connectivity index (χ4n) is 2.55. The summed E-state index contributed by atoms with van der Waals surface area (Å²) in [6, 6.07) is 0.415. The van der Waals surface area contributed by atoms with Gasteiger partial charge in [0.15, 0.2) is 0 Å². The number of nitrogens with one attached hydrogen (secondary N) is 1. The van der Waals surface area contributed by atoms with E-state index in [1.807, 2.05) is 0 Å². The molecular weight excluding hydrogens is 212 g/mol. The minimum Gasteiger partial charge on any atom is -0.385 e. The lowest BCUT2D eigenvalue weighted by atomic mass is 9.84. The van der Waals surface area contributed by atoms with Gasteiger partial charge in [-0.1, -0.05) is 26.7 Å². The highest BCUT2D eigenvalue weighted by Crippen LogP contribution is 2.23. The lowest BCUT2D eigenvalue weighted by Gasteiger charge is -2.31. The van der Waals surface area contributed by atoms with Gasteiger partial charge in [0.1, 0.15) is 0 Å². The molecule has 1 aliphatic carbocycles. The fourth-order valence-corrected chi connectivity index (χ4v) is 2.55. The molecule has 0 aromatic carbocycles. The van der Waals surface area contributed by atoms with Crippen LogP contribution in [0.15, 0.2) is 0 Å². The van der Waals surface area contributed by atoms with Crippen LogP contribution in [0.25, 0.3) is 0 Å². The lowest BCUT2D eigenvalue weighted by Crippen LogP contribution is -2.41. The summed E-state index contributed by atoms with van der Waals surface area (Å²) >= 11 is 0. The molecule has 102 valence electrons. The molecule has 0 aromatic rings. The second kappa shape index (κ2) is 7.34. The molecule has 3 heteroatoms. The van der Waals surface area contributed by atoms with Crippen molar-refractivity contribution in [2.45, 2.75) is 52.0 Å². The van der Waals surface area contributed by atoms with Crippen molar-refractivity contribution in [3.63, 3.8) is 0 Å². The van der Waals surface area contributed by atoms with E-state index in [0.717, 1.165) is 26.1 Å². The first-order valence-corrected chi connectivity index (χ1v) is 7.00. The molecule has 2 unspecified atom stereocenters. The van der Waals surface area contributed by atoms with Crippen LogP contribution in [0.1, 0.15) is 46.0 Å². The van der Waals surface area contributed by atoms with E-state index in [9.17, 15) is 0 Å². The normalized spacial score (nSPS) is 26.1. The zero-order chi connectivity index (χ0) is 12.7. The summed E-state index contributed by atoms with van der Waals surface area (Å²) in [5.41, 5.74) is 6.46. The molecule has 0 saturated heterocycles. The Bertz CT molecular complexity index is 206. The van der Waals surface area contributed by atoms with Gasteiger partial charge in [-0.3, -0.25) is 0 Å². The van der Waals surface area contributed by atoms with Crippen molar-refractivity contribution in [1.29, 1.82) is 0 Å². The maximum absolute atomic E-state index is 6.15. The van der Waals surface area contributed by atoms with E-state index in [0.29, 0.717) is 17.4 Å². The van der Waals surface area contributed by atoms with Crippen molar-refractivity contribution in [3.05, 3.63) is 0 Å². The molecule has 1 fully saturated rings. The topological polar surface area (TPSA) is 47.3 Å². The minimum absolute atomic E-state index is 0.314. The Morgan fingerprint density at radius 3 is 2.65 bits per heavy atom. The molecule has 3 N–H and O–H groups in total. The Kier molecular flexibility index (Phi) is 6.45. The average molecular weight is 242 g/mol. The van der Waals surface area contributed by atoms with Gasteiger partial charge in [-0.15, -0.1) is 0 Å². The highest BCUT2D eigenvalue weighted by molar-refractivity contribution is 4.80. The van der Waals surface area contributed by atoms with Gasteiger partial charge in [-0.25, -0.2) is 0 Å². The van der Waals surface area contributed by atoms with Crippen LogP contribution in [-0.2, 0) is 4.74 Å². The third kappa shape index (κ3) is 5.84. The summed E-state index contributed by atoms with van der Waals surface area (Å²) in [6.07, 6.45) is 6.28. The molecular formula is C14H30N2O. The SMILES string of the molecule is COCCC(C)(C)CNCC1CCCCC1N. The van der Waals surface area contributed by atoms with E-state index < -0.39 is 0 Å². The van der Waals surface area contributed by atoms with Crippen LogP contribution in [0.4, 0.5) is 0 Å². The van der Waals surface area contributed by atoms with Crippen molar-refractivity contribution in [1.82, 2.24) is 5.32 Å². The molecule has 1 saturated carbocycles. The average Bonchev–Trinajstić information content (AvgIpc) is 2.29. The molecule has 0 aliphatic heterocycles. The predicted molar refractivity (Wildman–Crippen MR) is 73.1 cm³/mol. The first kappa shape index (κ1) is 14.9. The van der Waals surface area contributed by atoms with Gasteiger partial charge in [0, 0.05) is 26.3 Å². The summed E-state index contributed by atoms with van der Waals surface area (Å²) < 4.78 is 5.14. The number of ether oxygens (including phenoxy) is 1.